The molecule has 5 rings (SSSR count). The van der Waals surface area contributed by atoms with Crippen LogP contribution in [0, 0.1) is 28.6 Å². The summed E-state index contributed by atoms with van der Waals surface area (Å²) in [5.74, 6) is 1.19. The van der Waals surface area contributed by atoms with E-state index in [1.807, 2.05) is 0 Å². The van der Waals surface area contributed by atoms with E-state index in [-0.39, 0.29) is 22.4 Å². The summed E-state index contributed by atoms with van der Waals surface area (Å²) in [7, 11) is 0. The van der Waals surface area contributed by atoms with Crippen LogP contribution in [0.4, 0.5) is 0 Å². The predicted molar refractivity (Wildman–Crippen MR) is 102 cm³/mol. The highest BCUT2D eigenvalue weighted by Gasteiger charge is 2.66. The van der Waals surface area contributed by atoms with Gasteiger partial charge in [0, 0.05) is 18.3 Å². The Morgan fingerprint density at radius 2 is 1.81 bits per heavy atom. The van der Waals surface area contributed by atoms with Crippen LogP contribution < -0.4 is 0 Å². The van der Waals surface area contributed by atoms with Crippen LogP contribution in [0.3, 0.4) is 0 Å². The van der Waals surface area contributed by atoms with Gasteiger partial charge in [0.05, 0.1) is 13.2 Å². The smallest absolute Gasteiger partial charge is 0.169 e. The predicted octanol–water partition coefficient (Wildman–Crippen LogP) is 4.01. The molecule has 5 aliphatic rings. The van der Waals surface area contributed by atoms with Gasteiger partial charge in [-0.1, -0.05) is 25.5 Å². The van der Waals surface area contributed by atoms with Crippen molar-refractivity contribution < 1.29 is 19.4 Å². The molecule has 150 valence electrons. The lowest BCUT2D eigenvalue weighted by molar-refractivity contribution is -0.206. The van der Waals surface area contributed by atoms with Gasteiger partial charge in [0.25, 0.3) is 0 Å². The summed E-state index contributed by atoms with van der Waals surface area (Å²) in [4.78, 5) is 12.4. The number of aliphatic hydroxyl groups is 1. The number of ether oxygens (including phenoxy) is 2. The number of carbonyl (C=O) groups is 1. The van der Waals surface area contributed by atoms with Crippen LogP contribution in [-0.4, -0.2) is 35.5 Å². The molecule has 0 aromatic carbocycles. The number of ketones is 1. The van der Waals surface area contributed by atoms with Crippen molar-refractivity contribution in [1.82, 2.24) is 0 Å². The van der Waals surface area contributed by atoms with E-state index in [2.05, 4.69) is 19.9 Å². The van der Waals surface area contributed by atoms with Crippen molar-refractivity contribution in [3.63, 3.8) is 0 Å². The fourth-order valence-electron chi connectivity index (χ4n) is 8.10. The van der Waals surface area contributed by atoms with Gasteiger partial charge in [0.2, 0.25) is 0 Å². The zero-order valence-corrected chi connectivity index (χ0v) is 17.1. The summed E-state index contributed by atoms with van der Waals surface area (Å²) in [5, 5.41) is 11.3. The molecule has 1 spiro atoms. The summed E-state index contributed by atoms with van der Waals surface area (Å²) >= 11 is 0. The molecule has 0 radical (unpaired) electrons. The largest absolute Gasteiger partial charge is 0.382 e. The van der Waals surface area contributed by atoms with Crippen molar-refractivity contribution in [1.29, 1.82) is 0 Å². The van der Waals surface area contributed by atoms with Crippen LogP contribution in [0.2, 0.25) is 0 Å². The molecule has 4 aliphatic carbocycles. The van der Waals surface area contributed by atoms with Crippen LogP contribution in [-0.2, 0) is 14.3 Å². The third kappa shape index (κ3) is 2.24. The summed E-state index contributed by atoms with van der Waals surface area (Å²) < 4.78 is 12.2. The number of fused-ring (bicyclic) bond motifs is 5. The molecule has 4 fully saturated rings. The van der Waals surface area contributed by atoms with Crippen LogP contribution in [0.15, 0.2) is 11.6 Å². The van der Waals surface area contributed by atoms with Gasteiger partial charge in [0.15, 0.2) is 11.6 Å². The Kier molecular flexibility index (Phi) is 3.85. The lowest BCUT2D eigenvalue weighted by Crippen LogP contribution is -2.58. The fraction of sp³-hybridized carbons (Fsp3) is 0.870. The minimum atomic E-state index is -1.13. The molecule has 1 aliphatic heterocycles. The lowest BCUT2D eigenvalue weighted by atomic mass is 9.46. The average Bonchev–Trinajstić information content (AvgIpc) is 3.17. The van der Waals surface area contributed by atoms with Crippen molar-refractivity contribution in [2.24, 2.45) is 28.6 Å². The van der Waals surface area contributed by atoms with E-state index in [0.717, 1.165) is 58.2 Å². The summed E-state index contributed by atoms with van der Waals surface area (Å²) in [5.41, 5.74) is 0.342. The third-order valence-electron chi connectivity index (χ3n) is 9.58. The number of hydrogen-bond donors (Lipinski definition) is 1. The molecular weight excluding hydrogens is 340 g/mol. The minimum Gasteiger partial charge on any atom is -0.382 e. The maximum Gasteiger partial charge on any atom is 0.169 e. The number of hydrogen-bond acceptors (Lipinski definition) is 4. The van der Waals surface area contributed by atoms with E-state index < -0.39 is 5.60 Å². The molecule has 0 aromatic heterocycles. The Labute approximate surface area is 162 Å². The van der Waals surface area contributed by atoms with E-state index in [4.69, 9.17) is 9.47 Å². The molecule has 1 saturated heterocycles. The monoisotopic (exact) mass is 374 g/mol. The van der Waals surface area contributed by atoms with Gasteiger partial charge in [0.1, 0.15) is 5.60 Å². The van der Waals surface area contributed by atoms with Gasteiger partial charge in [-0.15, -0.1) is 0 Å². The van der Waals surface area contributed by atoms with Crippen LogP contribution >= 0.6 is 0 Å². The highest BCUT2D eigenvalue weighted by atomic mass is 16.7. The van der Waals surface area contributed by atoms with Crippen molar-refractivity contribution in [2.45, 2.75) is 83.5 Å². The Bertz CT molecular complexity index is 692. The molecule has 27 heavy (non-hydrogen) atoms. The molecule has 1 N–H and O–H groups in total. The zero-order chi connectivity index (χ0) is 19.1. The molecule has 4 heteroatoms. The lowest BCUT2D eigenvalue weighted by Gasteiger charge is -2.59. The summed E-state index contributed by atoms with van der Waals surface area (Å²) in [6.07, 6.45) is 10.3. The second-order valence-electron chi connectivity index (χ2n) is 10.5. The van der Waals surface area contributed by atoms with Gasteiger partial charge >= 0.3 is 0 Å². The van der Waals surface area contributed by atoms with E-state index in [1.165, 1.54) is 0 Å². The SMILES string of the molecule is CC(=O)[C@@]1(O)CC[C@H]2[C@H]3CC=C4CCC5(C[C@]4(C)[C@@H]3CC[C@@]21C)OCCO5. The maximum atomic E-state index is 12.4. The zero-order valence-electron chi connectivity index (χ0n) is 17.1. The first-order valence-corrected chi connectivity index (χ1v) is 11.0. The van der Waals surface area contributed by atoms with Gasteiger partial charge in [-0.25, -0.2) is 0 Å². The Hall–Kier alpha value is -0.710. The fourth-order valence-corrected chi connectivity index (χ4v) is 8.10. The first-order valence-electron chi connectivity index (χ1n) is 11.0. The molecule has 3 saturated carbocycles. The Morgan fingerprint density at radius 1 is 1.11 bits per heavy atom. The van der Waals surface area contributed by atoms with Gasteiger partial charge in [-0.3, -0.25) is 4.79 Å². The van der Waals surface area contributed by atoms with Crippen molar-refractivity contribution in [3.8, 4) is 0 Å². The summed E-state index contributed by atoms with van der Waals surface area (Å²) in [6.45, 7) is 7.65. The Morgan fingerprint density at radius 3 is 2.52 bits per heavy atom. The van der Waals surface area contributed by atoms with E-state index >= 15 is 0 Å². The molecule has 0 aromatic rings. The van der Waals surface area contributed by atoms with Crippen LogP contribution in [0.5, 0.6) is 0 Å². The van der Waals surface area contributed by atoms with E-state index in [9.17, 15) is 9.90 Å². The normalized spacial score (nSPS) is 50.7. The number of allylic oxidation sites excluding steroid dienone is 2. The minimum absolute atomic E-state index is 0.0337. The van der Waals surface area contributed by atoms with Crippen molar-refractivity contribution in [2.75, 3.05) is 13.2 Å². The highest BCUT2D eigenvalue weighted by molar-refractivity contribution is 5.86. The number of carbonyl (C=O) groups excluding carboxylic acids is 1. The van der Waals surface area contributed by atoms with Crippen LogP contribution in [0.25, 0.3) is 0 Å². The molecular formula is C23H34O4. The second kappa shape index (κ2) is 5.67. The van der Waals surface area contributed by atoms with E-state index in [0.29, 0.717) is 24.2 Å². The second-order valence-corrected chi connectivity index (χ2v) is 10.5. The topological polar surface area (TPSA) is 55.8 Å². The van der Waals surface area contributed by atoms with Gasteiger partial charge < -0.3 is 14.6 Å². The van der Waals surface area contributed by atoms with Crippen LogP contribution in [0.1, 0.15) is 72.1 Å². The standard InChI is InChI=1S/C23H34O4/c1-15(24)23(25)11-8-19-17-5-4-16-6-10-22(26-12-13-27-22)14-20(16,2)18(17)7-9-21(19,23)3/h4,17-19,25H,5-14H2,1-3H3/t17-,18+,19-,20-,21-,23-/m0/s1. The summed E-state index contributed by atoms with van der Waals surface area (Å²) in [6, 6.07) is 0. The quantitative estimate of drug-likeness (QED) is 0.705. The maximum absolute atomic E-state index is 12.4. The van der Waals surface area contributed by atoms with Crippen molar-refractivity contribution >= 4 is 5.78 Å². The van der Waals surface area contributed by atoms with Gasteiger partial charge in [-0.05, 0) is 68.6 Å². The molecule has 0 amide bonds. The first-order chi connectivity index (χ1) is 12.7. The number of rotatable bonds is 1. The molecule has 0 unspecified atom stereocenters. The Balaban J connectivity index is 1.49. The molecule has 6 atom stereocenters. The van der Waals surface area contributed by atoms with Gasteiger partial charge in [-0.2, -0.15) is 0 Å². The number of Topliss-reactive ketones (excluding diaryl/α,β-unsaturated/α-hetero) is 1. The highest BCUT2D eigenvalue weighted by Crippen LogP contribution is 2.68. The molecule has 4 nitrogen and oxygen atoms in total. The van der Waals surface area contributed by atoms with Crippen molar-refractivity contribution in [3.05, 3.63) is 11.6 Å². The first kappa shape index (κ1) is 18.3. The van der Waals surface area contributed by atoms with E-state index in [1.54, 1.807) is 12.5 Å². The third-order valence-corrected chi connectivity index (χ3v) is 9.58. The molecule has 0 bridgehead atoms. The molecule has 1 heterocycles. The average molecular weight is 375 g/mol.